The van der Waals surface area contributed by atoms with Gasteiger partial charge in [0.25, 0.3) is 0 Å². The molecule has 0 atom stereocenters. The fraction of sp³-hybridized carbons (Fsp3) is 0.571. The molecule has 0 spiro atoms. The van der Waals surface area contributed by atoms with Gasteiger partial charge in [-0.2, -0.15) is 0 Å². The molecule has 3 nitrogen and oxygen atoms in total. The first-order valence-corrected chi connectivity index (χ1v) is 5.45. The Hall–Kier alpha value is -0.146. The Morgan fingerprint density at radius 1 is 0.917 bits per heavy atom. The van der Waals surface area contributed by atoms with E-state index >= 15 is 0 Å². The number of hydrogen-bond acceptors (Lipinski definition) is 3. The number of rotatable bonds is 2. The van der Waals surface area contributed by atoms with Gasteiger partial charge in [0.2, 0.25) is 0 Å². The summed E-state index contributed by atoms with van der Waals surface area (Å²) < 4.78 is 0. The van der Waals surface area contributed by atoms with Gasteiger partial charge in [-0.1, -0.05) is 0 Å². The van der Waals surface area contributed by atoms with Crippen molar-refractivity contribution in [2.75, 3.05) is 11.5 Å². The summed E-state index contributed by atoms with van der Waals surface area (Å²) in [5.41, 5.74) is 0. The molecule has 0 rings (SSSR count). The molecule has 0 aromatic carbocycles. The van der Waals surface area contributed by atoms with Crippen molar-refractivity contribution in [2.45, 2.75) is 13.8 Å². The van der Waals surface area contributed by atoms with Gasteiger partial charge >= 0.3 is 48.1 Å². The molecular weight excluding hydrogens is 223 g/mol. The number of carbonyl (C=O) groups excluding carboxylic acids is 3. The molecule has 0 aliphatic carbocycles. The predicted molar refractivity (Wildman–Crippen MR) is 48.9 cm³/mol. The Kier molecular flexibility index (Phi) is 84.4. The van der Waals surface area contributed by atoms with Crippen LogP contribution in [0.25, 0.3) is 0 Å². The molecule has 0 aromatic rings. The van der Waals surface area contributed by atoms with E-state index in [0.29, 0.717) is 8.92 Å². The molecule has 0 N–H and O–H groups in total. The molecule has 0 radical (unpaired) electrons. The van der Waals surface area contributed by atoms with Crippen molar-refractivity contribution in [3.8, 4) is 0 Å². The zero-order valence-electron chi connectivity index (χ0n) is 7.10. The van der Waals surface area contributed by atoms with Crippen LogP contribution in [0.15, 0.2) is 0 Å². The van der Waals surface area contributed by atoms with Crippen LogP contribution in [0.3, 0.4) is 0 Å². The third kappa shape index (κ3) is 52.0. The summed E-state index contributed by atoms with van der Waals surface area (Å²) >= 11 is 4.70. The van der Waals surface area contributed by atoms with Gasteiger partial charge in [0.05, 0.1) is 0 Å². The summed E-state index contributed by atoms with van der Waals surface area (Å²) in [6.07, 6.45) is 0. The first kappa shape index (κ1) is 22.6. The van der Waals surface area contributed by atoms with Crippen LogP contribution in [-0.2, 0) is 28.2 Å². The average Bonchev–Trinajstić information content (AvgIpc) is 2.25. The van der Waals surface area contributed by atoms with E-state index in [0.717, 1.165) is 0 Å². The molecule has 0 aliphatic heterocycles. The first-order valence-electron chi connectivity index (χ1n) is 2.83. The van der Waals surface area contributed by atoms with E-state index in [1.807, 2.05) is 0 Å². The summed E-state index contributed by atoms with van der Waals surface area (Å²) in [6.45, 7) is 14.0. The van der Waals surface area contributed by atoms with Crippen molar-refractivity contribution in [1.29, 1.82) is 0 Å². The molecule has 78 valence electrons. The summed E-state index contributed by atoms with van der Waals surface area (Å²) in [6, 6.07) is 0. The maximum atomic E-state index is 7.75. The minimum absolute atomic E-state index is 0.341. The topological polar surface area (TPSA) is 51.2 Å². The van der Waals surface area contributed by atoms with Crippen LogP contribution in [0, 0.1) is 0 Å². The van der Waals surface area contributed by atoms with Crippen molar-refractivity contribution in [3.63, 3.8) is 0 Å². The third-order valence-corrected chi connectivity index (χ3v) is 3.48. The fourth-order valence-electron chi connectivity index (χ4n) is 0.204. The van der Waals surface area contributed by atoms with Crippen molar-refractivity contribution >= 4 is 29.3 Å². The standard InChI is InChI=1S/C4H10S.3CHO.Ni/c1-3-5-4-2;3*1-2;/h3-4H2,1-2H3;3*1H;/q;3*-1;. The van der Waals surface area contributed by atoms with Crippen molar-refractivity contribution < 1.29 is 28.2 Å². The summed E-state index contributed by atoms with van der Waals surface area (Å²) in [5, 5.41) is 0. The van der Waals surface area contributed by atoms with E-state index in [-0.39, 0.29) is 0 Å². The van der Waals surface area contributed by atoms with Crippen LogP contribution in [0.1, 0.15) is 13.8 Å². The molecule has 0 amide bonds. The van der Waals surface area contributed by atoms with Crippen LogP contribution in [0.4, 0.5) is 0 Å². The SMILES string of the molecule is CC[S](=[Ni])CC.[CH-]=O.[CH-]=O.[CH-]=O. The quantitative estimate of drug-likeness (QED) is 0.407. The van der Waals surface area contributed by atoms with E-state index in [4.69, 9.17) is 28.2 Å². The van der Waals surface area contributed by atoms with Crippen molar-refractivity contribution in [3.05, 3.63) is 0 Å². The van der Waals surface area contributed by atoms with Gasteiger partial charge in [-0.15, -0.1) is 0 Å². The van der Waals surface area contributed by atoms with Gasteiger partial charge in [-0.3, -0.25) is 20.4 Å². The molecule has 0 unspecified atom stereocenters. The Morgan fingerprint density at radius 3 is 1.08 bits per heavy atom. The molecule has 12 heavy (non-hydrogen) atoms. The van der Waals surface area contributed by atoms with E-state index < -0.39 is 0 Å². The number of hydrogen-bond donors (Lipinski definition) is 0. The Bertz CT molecular complexity index is 80.0. The third-order valence-electron chi connectivity index (χ3n) is 0.591. The second-order valence-corrected chi connectivity index (χ2v) is 4.60. The van der Waals surface area contributed by atoms with E-state index in [9.17, 15) is 0 Å². The molecule has 0 heterocycles. The molecule has 0 saturated carbocycles. The van der Waals surface area contributed by atoms with E-state index in [1.165, 1.54) is 11.5 Å². The maximum absolute atomic E-state index is 7.75. The fourth-order valence-corrected chi connectivity index (χ4v) is 0.612. The molecule has 0 aromatic heterocycles. The van der Waals surface area contributed by atoms with Crippen LogP contribution >= 0.6 is 8.92 Å². The normalized spacial score (nSPS) is 6.08. The summed E-state index contributed by atoms with van der Waals surface area (Å²) in [5.74, 6) is 2.38. The van der Waals surface area contributed by atoms with Crippen molar-refractivity contribution in [1.82, 2.24) is 0 Å². The summed E-state index contributed by atoms with van der Waals surface area (Å²) in [7, 11) is 0.341. The average molecular weight is 236 g/mol. The van der Waals surface area contributed by atoms with Crippen LogP contribution in [0.2, 0.25) is 0 Å². The summed E-state index contributed by atoms with van der Waals surface area (Å²) in [4.78, 5) is 23.2. The molecule has 0 saturated heterocycles. The van der Waals surface area contributed by atoms with Crippen LogP contribution in [-0.4, -0.2) is 31.9 Å². The molecule has 0 fully saturated rings. The molecule has 0 bridgehead atoms. The van der Waals surface area contributed by atoms with Gasteiger partial charge in [0, 0.05) is 0 Å². The second-order valence-electron chi connectivity index (χ2n) is 0.964. The largest absolute Gasteiger partial charge is 0.545 e. The monoisotopic (exact) mass is 235 g/mol. The maximum Gasteiger partial charge on any atom is -0.282 e. The Balaban J connectivity index is -0.0000000453. The molecule has 0 aliphatic rings. The second kappa shape index (κ2) is 44.7. The van der Waals surface area contributed by atoms with E-state index in [1.54, 1.807) is 0 Å². The van der Waals surface area contributed by atoms with Gasteiger partial charge in [0.15, 0.2) is 0 Å². The predicted octanol–water partition coefficient (Wildman–Crippen LogP) is 0.935. The van der Waals surface area contributed by atoms with Crippen LogP contribution < -0.4 is 0 Å². The van der Waals surface area contributed by atoms with Crippen LogP contribution in [0.5, 0.6) is 0 Å². The minimum atomic E-state index is 0.341. The Labute approximate surface area is 83.1 Å². The zero-order chi connectivity index (χ0) is 11.0. The van der Waals surface area contributed by atoms with Gasteiger partial charge in [-0.05, 0) is 0 Å². The van der Waals surface area contributed by atoms with Gasteiger partial charge < -0.3 is 14.4 Å². The smallest absolute Gasteiger partial charge is 0.282 e. The van der Waals surface area contributed by atoms with E-state index in [2.05, 4.69) is 34.2 Å². The molecule has 5 heteroatoms. The zero-order valence-corrected chi connectivity index (χ0v) is 8.90. The first-order chi connectivity index (χ1) is 5.81. The van der Waals surface area contributed by atoms with Crippen molar-refractivity contribution in [2.24, 2.45) is 0 Å². The Morgan fingerprint density at radius 2 is 1.08 bits per heavy atom. The minimum Gasteiger partial charge on any atom is -0.545 e. The molecular formula is C7H13NiO3S-3. The van der Waals surface area contributed by atoms with Gasteiger partial charge in [-0.25, -0.2) is 0 Å². The van der Waals surface area contributed by atoms with Gasteiger partial charge in [0.1, 0.15) is 0 Å².